The summed E-state index contributed by atoms with van der Waals surface area (Å²) in [6, 6.07) is 3.32. The van der Waals surface area contributed by atoms with E-state index < -0.39 is 27.0 Å². The maximum Gasteiger partial charge on any atom is 0.339 e. The quantitative estimate of drug-likeness (QED) is 0.0301. The van der Waals surface area contributed by atoms with Crippen LogP contribution >= 0.6 is 0 Å². The lowest BCUT2D eigenvalue weighted by molar-refractivity contribution is 0.0450. The number of carbonyl (C=O) groups is 2. The highest BCUT2D eigenvalue weighted by Crippen LogP contribution is 2.20. The Balaban J connectivity index is 2.12. The predicted molar refractivity (Wildman–Crippen MR) is 262 cm³/mol. The van der Waals surface area contributed by atoms with Gasteiger partial charge in [-0.3, -0.25) is 4.55 Å². The summed E-state index contributed by atoms with van der Waals surface area (Å²) in [7, 11) is -4.57. The molecule has 0 saturated heterocycles. The number of rotatable bonds is 45. The van der Waals surface area contributed by atoms with Gasteiger partial charge >= 0.3 is 11.9 Å². The Morgan fingerprint density at radius 1 is 0.419 bits per heavy atom. The summed E-state index contributed by atoms with van der Waals surface area (Å²) in [4.78, 5) is 25.5. The van der Waals surface area contributed by atoms with Crippen LogP contribution in [0.25, 0.3) is 0 Å². The Morgan fingerprint density at radius 3 is 1.00 bits per heavy atom. The number of carbonyl (C=O) groups excluding carboxylic acids is 2. The van der Waals surface area contributed by atoms with Crippen molar-refractivity contribution in [3.63, 3.8) is 0 Å². The van der Waals surface area contributed by atoms with E-state index in [1.165, 1.54) is 205 Å². The third kappa shape index (κ3) is 35.0. The van der Waals surface area contributed by atoms with Gasteiger partial charge in [0.05, 0.1) is 29.2 Å². The number of unbranched alkanes of at least 4 members (excludes halogenated alkanes) is 34. The fourth-order valence-corrected chi connectivity index (χ4v) is 8.49. The molecule has 0 aromatic heterocycles. The van der Waals surface area contributed by atoms with E-state index in [2.05, 4.69) is 38.2 Å². The second-order valence-electron chi connectivity index (χ2n) is 17.9. The molecule has 0 heterocycles. The summed E-state index contributed by atoms with van der Waals surface area (Å²) < 4.78 is 44.1. The minimum absolute atomic E-state index is 0.0574. The molecule has 358 valence electrons. The molecule has 0 unspecified atom stereocenters. The largest absolute Gasteiger partial charge is 0.462 e. The first-order valence-corrected chi connectivity index (χ1v) is 27.5. The fraction of sp³-hybridized carbons (Fsp3) is 0.778. The number of esters is 2. The molecule has 0 bridgehead atoms. The van der Waals surface area contributed by atoms with Crippen LogP contribution in [0.15, 0.2) is 47.4 Å². The molecule has 8 heteroatoms. The van der Waals surface area contributed by atoms with E-state index in [9.17, 15) is 22.6 Å². The zero-order valence-electron chi connectivity index (χ0n) is 40.1. The highest BCUT2D eigenvalue weighted by Gasteiger charge is 2.23. The maximum absolute atomic E-state index is 13.0. The van der Waals surface area contributed by atoms with Crippen LogP contribution in [0.3, 0.4) is 0 Å². The molecular formula is C54H94O7S. The molecule has 0 saturated carbocycles. The molecule has 7 nitrogen and oxygen atoms in total. The van der Waals surface area contributed by atoms with Crippen molar-refractivity contribution < 1.29 is 32.0 Å². The van der Waals surface area contributed by atoms with Gasteiger partial charge in [0, 0.05) is 0 Å². The molecule has 0 aliphatic heterocycles. The van der Waals surface area contributed by atoms with Gasteiger partial charge in [0.25, 0.3) is 10.1 Å². The van der Waals surface area contributed by atoms with Crippen LogP contribution in [-0.2, 0) is 19.6 Å². The van der Waals surface area contributed by atoms with Crippen molar-refractivity contribution in [3.8, 4) is 0 Å². The molecule has 62 heavy (non-hydrogen) atoms. The number of allylic oxidation sites excluding steroid dienone is 4. The Kier molecular flexibility index (Phi) is 39.5. The van der Waals surface area contributed by atoms with Crippen LogP contribution in [0.2, 0.25) is 0 Å². The number of hydrogen-bond acceptors (Lipinski definition) is 6. The lowest BCUT2D eigenvalue weighted by atomic mass is 10.0. The number of ether oxygens (including phenoxy) is 2. The van der Waals surface area contributed by atoms with Crippen molar-refractivity contribution in [3.05, 3.63) is 53.6 Å². The highest BCUT2D eigenvalue weighted by molar-refractivity contribution is 7.85. The first kappa shape index (κ1) is 57.6. The minimum atomic E-state index is -4.57. The van der Waals surface area contributed by atoms with Crippen LogP contribution in [0, 0.1) is 0 Å². The average molecular weight is 887 g/mol. The van der Waals surface area contributed by atoms with Crippen LogP contribution in [-0.4, -0.2) is 38.1 Å². The Hall–Kier alpha value is -2.45. The lowest BCUT2D eigenvalue weighted by Gasteiger charge is -2.11. The van der Waals surface area contributed by atoms with Crippen molar-refractivity contribution in [1.82, 2.24) is 0 Å². The van der Waals surface area contributed by atoms with Gasteiger partial charge in [0.2, 0.25) is 0 Å². The third-order valence-electron chi connectivity index (χ3n) is 12.0. The van der Waals surface area contributed by atoms with E-state index in [-0.39, 0.29) is 24.3 Å². The van der Waals surface area contributed by atoms with Crippen LogP contribution < -0.4 is 0 Å². The van der Waals surface area contributed by atoms with Crippen molar-refractivity contribution in [2.45, 2.75) is 263 Å². The Bertz CT molecular complexity index is 1370. The molecule has 1 aromatic carbocycles. The normalized spacial score (nSPS) is 11.9. The highest BCUT2D eigenvalue weighted by atomic mass is 32.2. The van der Waals surface area contributed by atoms with Crippen molar-refractivity contribution in [1.29, 1.82) is 0 Å². The summed E-state index contributed by atoms with van der Waals surface area (Å²) in [6.07, 6.45) is 56.7. The molecule has 1 rings (SSSR count). The second-order valence-corrected chi connectivity index (χ2v) is 19.3. The molecule has 1 N–H and O–H groups in total. The van der Waals surface area contributed by atoms with Gasteiger partial charge < -0.3 is 9.47 Å². The maximum atomic E-state index is 13.0. The van der Waals surface area contributed by atoms with Crippen molar-refractivity contribution in [2.24, 2.45) is 0 Å². The molecule has 0 atom stereocenters. The van der Waals surface area contributed by atoms with Gasteiger partial charge in [-0.2, -0.15) is 8.42 Å². The lowest BCUT2D eigenvalue weighted by Crippen LogP contribution is -2.16. The summed E-state index contributed by atoms with van der Waals surface area (Å²) in [5, 5.41) is 0. The Labute approximate surface area is 382 Å². The molecule has 0 aliphatic carbocycles. The SMILES string of the molecule is CCCCCCCC/C=C/CCCCCCCCCCCCCOC(=O)c1ccc(S(=O)(=O)O)cc1C(=O)OCCCCCCCCCCCCC/C=C/CCCCCCCC. The third-order valence-corrected chi connectivity index (χ3v) is 12.9. The van der Waals surface area contributed by atoms with Crippen LogP contribution in [0.4, 0.5) is 0 Å². The summed E-state index contributed by atoms with van der Waals surface area (Å²) in [5.74, 6) is -1.49. The van der Waals surface area contributed by atoms with Gasteiger partial charge in [-0.15, -0.1) is 0 Å². The Morgan fingerprint density at radius 2 is 0.694 bits per heavy atom. The van der Waals surface area contributed by atoms with E-state index in [1.807, 2.05) is 0 Å². The van der Waals surface area contributed by atoms with Gasteiger partial charge in [-0.25, -0.2) is 9.59 Å². The zero-order chi connectivity index (χ0) is 45.0. The van der Waals surface area contributed by atoms with Gasteiger partial charge in [0.15, 0.2) is 0 Å². The summed E-state index contributed by atoms with van der Waals surface area (Å²) >= 11 is 0. The molecule has 1 aromatic rings. The van der Waals surface area contributed by atoms with Crippen LogP contribution in [0.1, 0.15) is 279 Å². The molecular weight excluding hydrogens is 793 g/mol. The van der Waals surface area contributed by atoms with Crippen molar-refractivity contribution >= 4 is 22.1 Å². The average Bonchev–Trinajstić information content (AvgIpc) is 3.26. The second kappa shape index (κ2) is 42.5. The number of benzene rings is 1. The van der Waals surface area contributed by atoms with E-state index in [0.717, 1.165) is 50.7 Å². The first-order chi connectivity index (χ1) is 30.3. The summed E-state index contributed by atoms with van der Waals surface area (Å²) in [5.41, 5.74) is -0.265. The standard InChI is InChI=1S/C54H94O7S/c1-3-5-7-9-11-13-15-17-19-21-23-25-27-29-31-33-35-37-39-41-43-47-60-53(55)51-46-45-50(62(57,58)59)49-52(51)54(56)61-48-44-42-40-38-36-34-32-30-28-26-24-22-20-18-16-14-12-10-8-6-4-2/h17-20,45-46,49H,3-16,21-44,47-48H2,1-2H3,(H,57,58,59)/b19-17+,20-18+. The minimum Gasteiger partial charge on any atom is -0.462 e. The van der Waals surface area contributed by atoms with Crippen LogP contribution in [0.5, 0.6) is 0 Å². The molecule has 0 spiro atoms. The van der Waals surface area contributed by atoms with E-state index >= 15 is 0 Å². The van der Waals surface area contributed by atoms with Gasteiger partial charge in [-0.05, 0) is 82.4 Å². The topological polar surface area (TPSA) is 107 Å². The van der Waals surface area contributed by atoms with E-state index in [4.69, 9.17) is 9.47 Å². The van der Waals surface area contributed by atoms with Gasteiger partial charge in [-0.1, -0.05) is 218 Å². The molecule has 0 aliphatic rings. The van der Waals surface area contributed by atoms with Crippen molar-refractivity contribution in [2.75, 3.05) is 13.2 Å². The molecule has 0 fully saturated rings. The van der Waals surface area contributed by atoms with E-state index in [0.29, 0.717) is 6.42 Å². The monoisotopic (exact) mass is 887 g/mol. The number of hydrogen-bond donors (Lipinski definition) is 1. The van der Waals surface area contributed by atoms with Gasteiger partial charge in [0.1, 0.15) is 0 Å². The smallest absolute Gasteiger partial charge is 0.339 e. The van der Waals surface area contributed by atoms with E-state index in [1.54, 1.807) is 0 Å². The molecule has 0 amide bonds. The fourth-order valence-electron chi connectivity index (χ4n) is 7.98. The first-order valence-electron chi connectivity index (χ1n) is 26.1. The zero-order valence-corrected chi connectivity index (χ0v) is 40.9. The predicted octanol–water partition coefficient (Wildman–Crippen LogP) is 17.2. The molecule has 0 radical (unpaired) electrons. The summed E-state index contributed by atoms with van der Waals surface area (Å²) in [6.45, 7) is 4.93.